The molecule has 0 bridgehead atoms. The summed E-state index contributed by atoms with van der Waals surface area (Å²) in [6, 6.07) is 6.61. The van der Waals surface area contributed by atoms with Gasteiger partial charge in [0.2, 0.25) is 5.91 Å². The van der Waals surface area contributed by atoms with E-state index < -0.39 is 6.17 Å². The molecule has 2 aliphatic heterocycles. The SMILES string of the molecule is CC1(C)C[C@@H](C(=O)Nc2cc3cc(C4CCC(N5CC[C@H](F)C5)CC4)c(Cl)cc3cn2)CCO1. The van der Waals surface area contributed by atoms with Crippen molar-refractivity contribution in [3.8, 4) is 0 Å². The zero-order valence-corrected chi connectivity index (χ0v) is 20.9. The molecule has 3 fully saturated rings. The average molecular weight is 488 g/mol. The van der Waals surface area contributed by atoms with Gasteiger partial charge in [0.25, 0.3) is 0 Å². The van der Waals surface area contributed by atoms with Crippen LogP contribution in [0.4, 0.5) is 10.2 Å². The third-order valence-electron chi connectivity index (χ3n) is 7.97. The quantitative estimate of drug-likeness (QED) is 0.566. The van der Waals surface area contributed by atoms with E-state index in [1.165, 1.54) is 5.56 Å². The van der Waals surface area contributed by atoms with Gasteiger partial charge < -0.3 is 10.1 Å². The number of hydrogen-bond donors (Lipinski definition) is 1. The summed E-state index contributed by atoms with van der Waals surface area (Å²) >= 11 is 6.70. The summed E-state index contributed by atoms with van der Waals surface area (Å²) in [5, 5.41) is 5.81. The van der Waals surface area contributed by atoms with Gasteiger partial charge in [-0.2, -0.15) is 0 Å². The number of carbonyl (C=O) groups excluding carboxylic acids is 1. The minimum absolute atomic E-state index is 0.00756. The lowest BCUT2D eigenvalue weighted by atomic mass is 9.81. The second-order valence-corrected chi connectivity index (χ2v) is 11.4. The van der Waals surface area contributed by atoms with Crippen molar-refractivity contribution in [2.75, 3.05) is 25.0 Å². The highest BCUT2D eigenvalue weighted by Crippen LogP contribution is 2.40. The van der Waals surface area contributed by atoms with Crippen LogP contribution in [0.3, 0.4) is 0 Å². The molecular weight excluding hydrogens is 453 g/mol. The molecule has 3 heterocycles. The Kier molecular flexibility index (Phi) is 6.84. The maximum atomic E-state index is 13.6. The number of benzene rings is 1. The van der Waals surface area contributed by atoms with Crippen molar-refractivity contribution in [3.05, 3.63) is 35.0 Å². The molecule has 0 radical (unpaired) electrons. The minimum atomic E-state index is -0.658. The standard InChI is InChI=1S/C27H35ClFN3O2/c1-27(2)14-18(8-10-34-27)26(33)31-25-13-19-11-23(24(28)12-20(19)15-30-25)17-3-5-22(6-4-17)32-9-7-21(29)16-32/h11-13,15,17-18,21-22H,3-10,14,16H2,1-2H3,(H,30,31,33)/t17?,18-,21-,22?/m0/s1. The van der Waals surface area contributed by atoms with E-state index in [0.29, 0.717) is 43.8 Å². The molecule has 1 saturated carbocycles. The number of anilines is 1. The van der Waals surface area contributed by atoms with Crippen molar-refractivity contribution in [1.82, 2.24) is 9.88 Å². The monoisotopic (exact) mass is 487 g/mol. The van der Waals surface area contributed by atoms with Crippen LogP contribution in [0, 0.1) is 5.92 Å². The maximum absolute atomic E-state index is 13.6. The molecule has 7 heteroatoms. The van der Waals surface area contributed by atoms with Gasteiger partial charge in [0, 0.05) is 48.3 Å². The summed E-state index contributed by atoms with van der Waals surface area (Å²) in [6.07, 6.45) is 7.55. The van der Waals surface area contributed by atoms with Crippen LogP contribution in [0.1, 0.15) is 70.3 Å². The van der Waals surface area contributed by atoms with Crippen molar-refractivity contribution in [1.29, 1.82) is 0 Å². The number of likely N-dealkylation sites (tertiary alicyclic amines) is 1. The van der Waals surface area contributed by atoms with Gasteiger partial charge in [0.15, 0.2) is 0 Å². The normalized spacial score (nSPS) is 29.9. The van der Waals surface area contributed by atoms with Gasteiger partial charge >= 0.3 is 0 Å². The molecule has 184 valence electrons. The van der Waals surface area contributed by atoms with Crippen LogP contribution >= 0.6 is 11.6 Å². The predicted molar refractivity (Wildman–Crippen MR) is 134 cm³/mol. The Morgan fingerprint density at radius 1 is 1.15 bits per heavy atom. The van der Waals surface area contributed by atoms with Crippen LogP contribution in [0.5, 0.6) is 0 Å². The van der Waals surface area contributed by atoms with Crippen LogP contribution in [-0.4, -0.2) is 53.3 Å². The van der Waals surface area contributed by atoms with Crippen molar-refractivity contribution in [2.24, 2.45) is 5.92 Å². The Balaban J connectivity index is 1.28. The number of carbonyl (C=O) groups is 1. The zero-order valence-electron chi connectivity index (χ0n) is 20.2. The van der Waals surface area contributed by atoms with Crippen molar-refractivity contribution < 1.29 is 13.9 Å². The average Bonchev–Trinajstić information content (AvgIpc) is 3.24. The first-order valence-corrected chi connectivity index (χ1v) is 13.1. The number of rotatable bonds is 4. The number of fused-ring (bicyclic) bond motifs is 1. The van der Waals surface area contributed by atoms with Gasteiger partial charge in [-0.25, -0.2) is 9.37 Å². The van der Waals surface area contributed by atoms with Crippen LogP contribution in [0.15, 0.2) is 24.4 Å². The Morgan fingerprint density at radius 2 is 1.94 bits per heavy atom. The molecule has 0 unspecified atom stereocenters. The van der Waals surface area contributed by atoms with E-state index in [0.717, 1.165) is 54.4 Å². The third kappa shape index (κ3) is 5.24. The Hall–Kier alpha value is -1.76. The van der Waals surface area contributed by atoms with E-state index in [1.54, 1.807) is 6.20 Å². The summed E-state index contributed by atoms with van der Waals surface area (Å²) < 4.78 is 19.4. The predicted octanol–water partition coefficient (Wildman–Crippen LogP) is 6.10. The highest BCUT2D eigenvalue weighted by Gasteiger charge is 2.34. The molecule has 34 heavy (non-hydrogen) atoms. The molecule has 1 amide bonds. The molecule has 2 atom stereocenters. The van der Waals surface area contributed by atoms with Crippen LogP contribution in [-0.2, 0) is 9.53 Å². The molecule has 2 saturated heterocycles. The Bertz CT molecular complexity index is 1050. The lowest BCUT2D eigenvalue weighted by Gasteiger charge is -2.35. The molecule has 0 spiro atoms. The summed E-state index contributed by atoms with van der Waals surface area (Å²) in [5.41, 5.74) is 0.899. The number of nitrogens with one attached hydrogen (secondary N) is 1. The highest BCUT2D eigenvalue weighted by molar-refractivity contribution is 6.32. The second-order valence-electron chi connectivity index (χ2n) is 11.0. The van der Waals surface area contributed by atoms with Gasteiger partial charge in [-0.15, -0.1) is 0 Å². The summed E-state index contributed by atoms with van der Waals surface area (Å²) in [5.74, 6) is 0.926. The summed E-state index contributed by atoms with van der Waals surface area (Å²) in [7, 11) is 0. The zero-order chi connectivity index (χ0) is 23.9. The molecule has 5 rings (SSSR count). The van der Waals surface area contributed by atoms with Crippen molar-refractivity contribution in [3.63, 3.8) is 0 Å². The first-order chi connectivity index (χ1) is 16.3. The first-order valence-electron chi connectivity index (χ1n) is 12.7. The molecule has 1 aromatic heterocycles. The van der Waals surface area contributed by atoms with E-state index in [4.69, 9.17) is 16.3 Å². The van der Waals surface area contributed by atoms with Gasteiger partial charge in [-0.1, -0.05) is 11.6 Å². The van der Waals surface area contributed by atoms with Gasteiger partial charge in [-0.3, -0.25) is 9.69 Å². The number of hydrogen-bond acceptors (Lipinski definition) is 4. The van der Waals surface area contributed by atoms with Gasteiger partial charge in [0.1, 0.15) is 12.0 Å². The number of amides is 1. The van der Waals surface area contributed by atoms with Crippen LogP contribution in [0.25, 0.3) is 10.8 Å². The van der Waals surface area contributed by atoms with E-state index in [-0.39, 0.29) is 17.4 Å². The van der Waals surface area contributed by atoms with Gasteiger partial charge in [-0.05, 0) is 93.9 Å². The fourth-order valence-electron chi connectivity index (χ4n) is 6.08. The Morgan fingerprint density at radius 3 is 2.65 bits per heavy atom. The number of aromatic nitrogens is 1. The Labute approximate surface area is 206 Å². The molecule has 1 aliphatic carbocycles. The minimum Gasteiger partial charge on any atom is -0.376 e. The van der Waals surface area contributed by atoms with E-state index in [9.17, 15) is 9.18 Å². The lowest BCUT2D eigenvalue weighted by molar-refractivity contribution is -0.130. The molecule has 3 aliphatic rings. The first kappa shape index (κ1) is 24.0. The smallest absolute Gasteiger partial charge is 0.228 e. The number of halogens is 2. The van der Waals surface area contributed by atoms with E-state index in [1.807, 2.05) is 26.0 Å². The number of nitrogens with zero attached hydrogens (tertiary/aromatic N) is 2. The molecule has 1 aromatic carbocycles. The number of pyridine rings is 1. The number of ether oxygens (including phenoxy) is 1. The fraction of sp³-hybridized carbons (Fsp3) is 0.630. The largest absolute Gasteiger partial charge is 0.376 e. The van der Waals surface area contributed by atoms with E-state index in [2.05, 4.69) is 21.3 Å². The lowest BCUT2D eigenvalue weighted by Crippen LogP contribution is -2.39. The second kappa shape index (κ2) is 9.71. The molecular formula is C27H35ClFN3O2. The van der Waals surface area contributed by atoms with Crippen molar-refractivity contribution in [2.45, 2.75) is 82.5 Å². The highest BCUT2D eigenvalue weighted by atomic mass is 35.5. The van der Waals surface area contributed by atoms with E-state index >= 15 is 0 Å². The molecule has 5 nitrogen and oxygen atoms in total. The number of alkyl halides is 1. The maximum Gasteiger partial charge on any atom is 0.228 e. The molecule has 2 aromatic rings. The summed E-state index contributed by atoms with van der Waals surface area (Å²) in [4.78, 5) is 19.7. The van der Waals surface area contributed by atoms with Crippen LogP contribution in [0.2, 0.25) is 5.02 Å². The fourth-order valence-corrected chi connectivity index (χ4v) is 6.40. The van der Waals surface area contributed by atoms with Crippen LogP contribution < -0.4 is 5.32 Å². The third-order valence-corrected chi connectivity index (χ3v) is 8.30. The van der Waals surface area contributed by atoms with Gasteiger partial charge in [0.05, 0.1) is 5.60 Å². The molecule has 1 N–H and O–H groups in total. The summed E-state index contributed by atoms with van der Waals surface area (Å²) in [6.45, 7) is 6.15. The van der Waals surface area contributed by atoms with Crippen molar-refractivity contribution >= 4 is 34.1 Å². The topological polar surface area (TPSA) is 54.5 Å².